The van der Waals surface area contributed by atoms with E-state index in [-0.39, 0.29) is 11.9 Å². The molecule has 0 N–H and O–H groups in total. The Kier molecular flexibility index (Phi) is 4.67. The molecule has 6 nitrogen and oxygen atoms in total. The third-order valence-electron chi connectivity index (χ3n) is 3.42. The number of hydrogen-bond acceptors (Lipinski definition) is 5. The summed E-state index contributed by atoms with van der Waals surface area (Å²) in [6.07, 6.45) is 0.795. The van der Waals surface area contributed by atoms with Gasteiger partial charge >= 0.3 is 5.97 Å². The molecule has 1 aromatic rings. The summed E-state index contributed by atoms with van der Waals surface area (Å²) in [6.45, 7) is 2.04. The van der Waals surface area contributed by atoms with Gasteiger partial charge in [-0.25, -0.2) is 4.79 Å². The molecule has 1 aromatic carbocycles. The lowest BCUT2D eigenvalue weighted by molar-refractivity contribution is -0.144. The Bertz CT molecular complexity index is 543. The average Bonchev–Trinajstić information content (AvgIpc) is 2.88. The van der Waals surface area contributed by atoms with Gasteiger partial charge in [0.15, 0.2) is 11.5 Å². The van der Waals surface area contributed by atoms with Gasteiger partial charge in [-0.2, -0.15) is 0 Å². The maximum atomic E-state index is 12.1. The lowest BCUT2D eigenvalue weighted by Gasteiger charge is -2.24. The van der Waals surface area contributed by atoms with Gasteiger partial charge in [-0.3, -0.25) is 9.69 Å². The van der Waals surface area contributed by atoms with Crippen molar-refractivity contribution in [3.8, 4) is 11.5 Å². The number of nitrogens with zero attached hydrogens (tertiary/aromatic N) is 1. The summed E-state index contributed by atoms with van der Waals surface area (Å²) < 4.78 is 15.4. The van der Waals surface area contributed by atoms with Crippen molar-refractivity contribution in [2.45, 2.75) is 25.8 Å². The number of carbonyl (C=O) groups excluding carboxylic acids is 2. The zero-order valence-electron chi connectivity index (χ0n) is 12.4. The fraction of sp³-hybridized carbons (Fsp3) is 0.467. The summed E-state index contributed by atoms with van der Waals surface area (Å²) in [7, 11) is 3.07. The van der Waals surface area contributed by atoms with E-state index in [0.717, 1.165) is 0 Å². The van der Waals surface area contributed by atoms with Crippen molar-refractivity contribution in [3.63, 3.8) is 0 Å². The van der Waals surface area contributed by atoms with E-state index < -0.39 is 6.04 Å². The van der Waals surface area contributed by atoms with Crippen molar-refractivity contribution in [1.82, 2.24) is 0 Å². The largest absolute Gasteiger partial charge is 0.493 e. The van der Waals surface area contributed by atoms with E-state index in [1.54, 1.807) is 32.2 Å². The zero-order chi connectivity index (χ0) is 15.4. The van der Waals surface area contributed by atoms with Crippen molar-refractivity contribution < 1.29 is 23.8 Å². The normalized spacial score (nSPS) is 17.8. The van der Waals surface area contributed by atoms with Gasteiger partial charge in [0, 0.05) is 18.2 Å². The second-order valence-corrected chi connectivity index (χ2v) is 4.61. The van der Waals surface area contributed by atoms with Crippen molar-refractivity contribution in [2.24, 2.45) is 0 Å². The molecule has 1 heterocycles. The molecule has 6 heteroatoms. The van der Waals surface area contributed by atoms with Crippen LogP contribution < -0.4 is 14.4 Å². The fourth-order valence-corrected chi connectivity index (χ4v) is 2.44. The molecule has 0 spiro atoms. The maximum absolute atomic E-state index is 12.1. The Morgan fingerprint density at radius 2 is 2.00 bits per heavy atom. The van der Waals surface area contributed by atoms with E-state index in [1.807, 2.05) is 0 Å². The monoisotopic (exact) mass is 293 g/mol. The second-order valence-electron chi connectivity index (χ2n) is 4.61. The molecule has 1 amide bonds. The average molecular weight is 293 g/mol. The standard InChI is InChI=1S/C15H19NO5/c1-4-21-15(18)11-6-8-14(17)16(11)10-5-7-12(19-2)13(9-10)20-3/h5,7,9,11H,4,6,8H2,1-3H3. The first kappa shape index (κ1) is 15.2. The van der Waals surface area contributed by atoms with E-state index in [0.29, 0.717) is 36.6 Å². The van der Waals surface area contributed by atoms with Crippen LogP contribution in [0.2, 0.25) is 0 Å². The molecule has 0 saturated carbocycles. The molecule has 0 aliphatic carbocycles. The van der Waals surface area contributed by atoms with Gasteiger partial charge in [-0.05, 0) is 25.5 Å². The molecule has 1 unspecified atom stereocenters. The number of ether oxygens (including phenoxy) is 3. The first-order chi connectivity index (χ1) is 10.1. The predicted octanol–water partition coefficient (Wildman–Crippen LogP) is 1.76. The van der Waals surface area contributed by atoms with Crippen molar-refractivity contribution in [3.05, 3.63) is 18.2 Å². The molecule has 114 valence electrons. The Labute approximate surface area is 123 Å². The van der Waals surface area contributed by atoms with Crippen LogP contribution in [-0.4, -0.2) is 38.7 Å². The number of anilines is 1. The van der Waals surface area contributed by atoms with Crippen LogP contribution in [0.5, 0.6) is 11.5 Å². The molecule has 1 aliphatic heterocycles. The molecule has 2 rings (SSSR count). The molecule has 0 aromatic heterocycles. The fourth-order valence-electron chi connectivity index (χ4n) is 2.44. The topological polar surface area (TPSA) is 65.1 Å². The molecule has 0 bridgehead atoms. The number of esters is 1. The van der Waals surface area contributed by atoms with Gasteiger partial charge in [-0.1, -0.05) is 0 Å². The first-order valence-corrected chi connectivity index (χ1v) is 6.83. The summed E-state index contributed by atoms with van der Waals surface area (Å²) in [5, 5.41) is 0. The summed E-state index contributed by atoms with van der Waals surface area (Å²) in [4.78, 5) is 25.5. The quantitative estimate of drug-likeness (QED) is 0.774. The summed E-state index contributed by atoms with van der Waals surface area (Å²) in [5.74, 6) is 0.608. The second kappa shape index (κ2) is 6.47. The SMILES string of the molecule is CCOC(=O)C1CCC(=O)N1c1ccc(OC)c(OC)c1. The van der Waals surface area contributed by atoms with Crippen LogP contribution in [-0.2, 0) is 14.3 Å². The smallest absolute Gasteiger partial charge is 0.329 e. The highest BCUT2D eigenvalue weighted by Crippen LogP contribution is 2.35. The lowest BCUT2D eigenvalue weighted by atomic mass is 10.2. The van der Waals surface area contributed by atoms with Crippen LogP contribution in [0.4, 0.5) is 5.69 Å². The van der Waals surface area contributed by atoms with Crippen molar-refractivity contribution >= 4 is 17.6 Å². The van der Waals surface area contributed by atoms with Crippen molar-refractivity contribution in [2.75, 3.05) is 25.7 Å². The number of rotatable bonds is 5. The van der Waals surface area contributed by atoms with Crippen LogP contribution in [0.25, 0.3) is 0 Å². The lowest BCUT2D eigenvalue weighted by Crippen LogP contribution is -2.39. The molecule has 21 heavy (non-hydrogen) atoms. The number of carbonyl (C=O) groups is 2. The number of benzene rings is 1. The first-order valence-electron chi connectivity index (χ1n) is 6.83. The van der Waals surface area contributed by atoms with Gasteiger partial charge in [0.2, 0.25) is 5.91 Å². The third-order valence-corrected chi connectivity index (χ3v) is 3.42. The zero-order valence-corrected chi connectivity index (χ0v) is 12.4. The molecular formula is C15H19NO5. The highest BCUT2D eigenvalue weighted by Gasteiger charge is 2.38. The molecule has 1 atom stereocenters. The molecule has 0 radical (unpaired) electrons. The minimum Gasteiger partial charge on any atom is -0.493 e. The van der Waals surface area contributed by atoms with E-state index in [4.69, 9.17) is 14.2 Å². The summed E-state index contributed by atoms with van der Waals surface area (Å²) >= 11 is 0. The number of methoxy groups -OCH3 is 2. The van der Waals surface area contributed by atoms with E-state index in [1.165, 1.54) is 12.0 Å². The van der Waals surface area contributed by atoms with E-state index in [2.05, 4.69) is 0 Å². The van der Waals surface area contributed by atoms with Gasteiger partial charge < -0.3 is 14.2 Å². The third kappa shape index (κ3) is 2.94. The minimum absolute atomic E-state index is 0.0970. The molecule has 1 fully saturated rings. The Balaban J connectivity index is 2.33. The van der Waals surface area contributed by atoms with Gasteiger partial charge in [0.05, 0.1) is 20.8 Å². The molecule has 1 aliphatic rings. The predicted molar refractivity (Wildman–Crippen MR) is 76.7 cm³/mol. The summed E-state index contributed by atoms with van der Waals surface area (Å²) in [5.41, 5.74) is 0.605. The van der Waals surface area contributed by atoms with Gasteiger partial charge in [0.1, 0.15) is 6.04 Å². The van der Waals surface area contributed by atoms with E-state index >= 15 is 0 Å². The Morgan fingerprint density at radius 3 is 2.62 bits per heavy atom. The molecular weight excluding hydrogens is 274 g/mol. The van der Waals surface area contributed by atoms with Gasteiger partial charge in [0.25, 0.3) is 0 Å². The highest BCUT2D eigenvalue weighted by atomic mass is 16.5. The highest BCUT2D eigenvalue weighted by molar-refractivity contribution is 6.02. The molecule has 1 saturated heterocycles. The van der Waals surface area contributed by atoms with Crippen LogP contribution >= 0.6 is 0 Å². The van der Waals surface area contributed by atoms with Crippen molar-refractivity contribution in [1.29, 1.82) is 0 Å². The van der Waals surface area contributed by atoms with Crippen LogP contribution in [0, 0.1) is 0 Å². The minimum atomic E-state index is -0.574. The summed E-state index contributed by atoms with van der Waals surface area (Å²) in [6, 6.07) is 4.56. The van der Waals surface area contributed by atoms with Crippen LogP contribution in [0.1, 0.15) is 19.8 Å². The number of amides is 1. The van der Waals surface area contributed by atoms with Crippen LogP contribution in [0.15, 0.2) is 18.2 Å². The van der Waals surface area contributed by atoms with E-state index in [9.17, 15) is 9.59 Å². The Morgan fingerprint density at radius 1 is 1.29 bits per heavy atom. The maximum Gasteiger partial charge on any atom is 0.329 e. The Hall–Kier alpha value is -2.24. The number of hydrogen-bond donors (Lipinski definition) is 0. The van der Waals surface area contributed by atoms with Crippen LogP contribution in [0.3, 0.4) is 0 Å². The van der Waals surface area contributed by atoms with Gasteiger partial charge in [-0.15, -0.1) is 0 Å².